The van der Waals surface area contributed by atoms with E-state index in [4.69, 9.17) is 9.15 Å². The molecule has 0 bridgehead atoms. The van der Waals surface area contributed by atoms with Gasteiger partial charge in [-0.25, -0.2) is 4.79 Å². The fourth-order valence-electron chi connectivity index (χ4n) is 1.93. The van der Waals surface area contributed by atoms with Crippen molar-refractivity contribution < 1.29 is 18.7 Å². The number of hydrogen-bond donors (Lipinski definition) is 0. The normalized spacial score (nSPS) is 21.4. The summed E-state index contributed by atoms with van der Waals surface area (Å²) in [7, 11) is 1.34. The molecule has 1 saturated heterocycles. The number of rotatable bonds is 3. The highest BCUT2D eigenvalue weighted by atomic mass is 16.5. The van der Waals surface area contributed by atoms with Gasteiger partial charge in [-0.1, -0.05) is 0 Å². The average Bonchev–Trinajstić information content (AvgIpc) is 2.76. The molecular formula is C12H17NO4. The lowest BCUT2D eigenvalue weighted by Crippen LogP contribution is -2.40. The molecule has 1 aliphatic rings. The molecule has 2 rings (SSSR count). The second-order valence-electron chi connectivity index (χ2n) is 4.17. The molecule has 0 amide bonds. The molecule has 1 atom stereocenters. The van der Waals surface area contributed by atoms with Crippen LogP contribution >= 0.6 is 0 Å². The third-order valence-corrected chi connectivity index (χ3v) is 2.75. The molecule has 1 fully saturated rings. The van der Waals surface area contributed by atoms with Crippen LogP contribution in [0.15, 0.2) is 16.5 Å². The lowest BCUT2D eigenvalue weighted by Gasteiger charge is -2.30. The Balaban J connectivity index is 1.94. The molecule has 0 spiro atoms. The average molecular weight is 239 g/mol. The Bertz CT molecular complexity index is 388. The maximum Gasteiger partial charge on any atom is 0.373 e. The second-order valence-corrected chi connectivity index (χ2v) is 4.17. The molecule has 1 aromatic rings. The highest BCUT2D eigenvalue weighted by molar-refractivity contribution is 5.86. The van der Waals surface area contributed by atoms with E-state index in [0.29, 0.717) is 6.54 Å². The number of furan rings is 1. The van der Waals surface area contributed by atoms with Crippen LogP contribution in [0.1, 0.15) is 23.2 Å². The van der Waals surface area contributed by atoms with E-state index in [9.17, 15) is 4.79 Å². The van der Waals surface area contributed by atoms with Gasteiger partial charge in [0.05, 0.1) is 26.4 Å². The fraction of sp³-hybridized carbons (Fsp3) is 0.583. The molecule has 94 valence electrons. The summed E-state index contributed by atoms with van der Waals surface area (Å²) in [6.07, 6.45) is 0.249. The van der Waals surface area contributed by atoms with E-state index in [2.05, 4.69) is 9.64 Å². The summed E-state index contributed by atoms with van der Waals surface area (Å²) < 4.78 is 15.5. The first-order chi connectivity index (χ1) is 8.19. The van der Waals surface area contributed by atoms with Crippen molar-refractivity contribution >= 4 is 5.97 Å². The van der Waals surface area contributed by atoms with Gasteiger partial charge in [-0.05, 0) is 19.1 Å². The Morgan fingerprint density at radius 1 is 1.59 bits per heavy atom. The number of methoxy groups -OCH3 is 1. The highest BCUT2D eigenvalue weighted by Crippen LogP contribution is 2.14. The summed E-state index contributed by atoms with van der Waals surface area (Å²) in [4.78, 5) is 13.5. The minimum Gasteiger partial charge on any atom is -0.463 e. The fourth-order valence-corrected chi connectivity index (χ4v) is 1.93. The topological polar surface area (TPSA) is 51.9 Å². The van der Waals surface area contributed by atoms with Crippen LogP contribution in [0.4, 0.5) is 0 Å². The molecule has 0 N–H and O–H groups in total. The summed E-state index contributed by atoms with van der Waals surface area (Å²) in [5.74, 6) is 0.593. The van der Waals surface area contributed by atoms with Gasteiger partial charge in [0.2, 0.25) is 5.76 Å². The van der Waals surface area contributed by atoms with Gasteiger partial charge in [0.1, 0.15) is 5.76 Å². The number of carbonyl (C=O) groups is 1. The summed E-state index contributed by atoms with van der Waals surface area (Å²) in [6, 6.07) is 3.46. The third kappa shape index (κ3) is 3.08. The molecule has 0 saturated carbocycles. The largest absolute Gasteiger partial charge is 0.463 e. The van der Waals surface area contributed by atoms with Crippen LogP contribution in [0.3, 0.4) is 0 Å². The summed E-state index contributed by atoms with van der Waals surface area (Å²) in [5, 5.41) is 0. The van der Waals surface area contributed by atoms with Gasteiger partial charge in [-0.15, -0.1) is 0 Å². The zero-order valence-electron chi connectivity index (χ0n) is 10.1. The molecule has 1 aliphatic heterocycles. The Kier molecular flexibility index (Phi) is 3.81. The van der Waals surface area contributed by atoms with Crippen LogP contribution in [-0.2, 0) is 16.0 Å². The predicted octanol–water partition coefficient (Wildman–Crippen LogP) is 1.29. The van der Waals surface area contributed by atoms with Crippen molar-refractivity contribution in [1.29, 1.82) is 0 Å². The molecule has 17 heavy (non-hydrogen) atoms. The van der Waals surface area contributed by atoms with Crippen molar-refractivity contribution in [3.05, 3.63) is 23.7 Å². The summed E-state index contributed by atoms with van der Waals surface area (Å²) >= 11 is 0. The maximum atomic E-state index is 11.2. The minimum atomic E-state index is -0.438. The second kappa shape index (κ2) is 5.33. The molecule has 2 heterocycles. The van der Waals surface area contributed by atoms with Gasteiger partial charge in [0.25, 0.3) is 0 Å². The number of esters is 1. The zero-order chi connectivity index (χ0) is 12.3. The molecular weight excluding hydrogens is 222 g/mol. The van der Waals surface area contributed by atoms with Crippen LogP contribution in [-0.4, -0.2) is 43.8 Å². The molecule has 1 aromatic heterocycles. The summed E-state index contributed by atoms with van der Waals surface area (Å²) in [6.45, 7) is 5.26. The first-order valence-electron chi connectivity index (χ1n) is 5.70. The van der Waals surface area contributed by atoms with Crippen molar-refractivity contribution in [2.24, 2.45) is 0 Å². The van der Waals surface area contributed by atoms with E-state index in [1.807, 2.05) is 13.0 Å². The van der Waals surface area contributed by atoms with E-state index in [-0.39, 0.29) is 11.9 Å². The van der Waals surface area contributed by atoms with Gasteiger partial charge in [0, 0.05) is 13.1 Å². The quantitative estimate of drug-likeness (QED) is 0.744. The zero-order valence-corrected chi connectivity index (χ0v) is 10.1. The lowest BCUT2D eigenvalue weighted by atomic mass is 10.3. The molecule has 0 aromatic carbocycles. The third-order valence-electron chi connectivity index (χ3n) is 2.75. The Labute approximate surface area is 100 Å². The van der Waals surface area contributed by atoms with Crippen molar-refractivity contribution in [2.45, 2.75) is 19.6 Å². The SMILES string of the molecule is COC(=O)c1ccc(CN2CCOC(C)C2)o1. The minimum absolute atomic E-state index is 0.249. The Hall–Kier alpha value is -1.33. The van der Waals surface area contributed by atoms with E-state index in [0.717, 1.165) is 25.5 Å². The molecule has 5 heteroatoms. The number of morpholine rings is 1. The Morgan fingerprint density at radius 2 is 2.41 bits per heavy atom. The number of carbonyl (C=O) groups excluding carboxylic acids is 1. The van der Waals surface area contributed by atoms with Crippen molar-refractivity contribution in [3.63, 3.8) is 0 Å². The van der Waals surface area contributed by atoms with E-state index in [1.165, 1.54) is 7.11 Å². The number of nitrogens with zero attached hydrogens (tertiary/aromatic N) is 1. The lowest BCUT2D eigenvalue weighted by molar-refractivity contribution is -0.0232. The van der Waals surface area contributed by atoms with Crippen LogP contribution in [0.5, 0.6) is 0 Å². The standard InChI is InChI=1S/C12H17NO4/c1-9-7-13(5-6-16-9)8-10-3-4-11(17-10)12(14)15-2/h3-4,9H,5-8H2,1-2H3. The van der Waals surface area contributed by atoms with Gasteiger partial charge in [-0.2, -0.15) is 0 Å². The van der Waals surface area contributed by atoms with Crippen molar-refractivity contribution in [1.82, 2.24) is 4.90 Å². The number of ether oxygens (including phenoxy) is 2. The first-order valence-corrected chi connectivity index (χ1v) is 5.70. The van der Waals surface area contributed by atoms with Gasteiger partial charge in [-0.3, -0.25) is 4.90 Å². The van der Waals surface area contributed by atoms with Gasteiger partial charge >= 0.3 is 5.97 Å². The molecule has 0 radical (unpaired) electrons. The molecule has 1 unspecified atom stereocenters. The van der Waals surface area contributed by atoms with Crippen LogP contribution < -0.4 is 0 Å². The van der Waals surface area contributed by atoms with Crippen molar-refractivity contribution in [2.75, 3.05) is 26.8 Å². The predicted molar refractivity (Wildman–Crippen MR) is 60.7 cm³/mol. The smallest absolute Gasteiger partial charge is 0.373 e. The Morgan fingerprint density at radius 3 is 3.12 bits per heavy atom. The van der Waals surface area contributed by atoms with Gasteiger partial charge < -0.3 is 13.9 Å². The van der Waals surface area contributed by atoms with Crippen LogP contribution in [0.2, 0.25) is 0 Å². The van der Waals surface area contributed by atoms with Crippen LogP contribution in [0.25, 0.3) is 0 Å². The summed E-state index contributed by atoms with van der Waals surface area (Å²) in [5.41, 5.74) is 0. The highest BCUT2D eigenvalue weighted by Gasteiger charge is 2.18. The van der Waals surface area contributed by atoms with E-state index < -0.39 is 5.97 Å². The maximum absolute atomic E-state index is 11.2. The van der Waals surface area contributed by atoms with Gasteiger partial charge in [0.15, 0.2) is 0 Å². The van der Waals surface area contributed by atoms with E-state index >= 15 is 0 Å². The van der Waals surface area contributed by atoms with Crippen molar-refractivity contribution in [3.8, 4) is 0 Å². The molecule has 0 aliphatic carbocycles. The first kappa shape index (κ1) is 12.1. The number of hydrogen-bond acceptors (Lipinski definition) is 5. The van der Waals surface area contributed by atoms with Crippen LogP contribution in [0, 0.1) is 0 Å². The monoisotopic (exact) mass is 239 g/mol. The molecule has 5 nitrogen and oxygen atoms in total. The van der Waals surface area contributed by atoms with E-state index in [1.54, 1.807) is 6.07 Å².